The summed E-state index contributed by atoms with van der Waals surface area (Å²) in [6, 6.07) is 0. The molecule has 19 heavy (non-hydrogen) atoms. The summed E-state index contributed by atoms with van der Waals surface area (Å²) in [5.41, 5.74) is 0.923. The maximum atomic E-state index is 11.8. The molecule has 0 radical (unpaired) electrons. The second-order valence-electron chi connectivity index (χ2n) is 4.68. The number of hydrogen-bond donors (Lipinski definition) is 1. The quantitative estimate of drug-likeness (QED) is 0.763. The van der Waals surface area contributed by atoms with Gasteiger partial charge in [-0.15, -0.1) is 5.10 Å². The van der Waals surface area contributed by atoms with Crippen LogP contribution in [0.2, 0.25) is 0 Å². The van der Waals surface area contributed by atoms with Crippen LogP contribution >= 0.6 is 0 Å². The van der Waals surface area contributed by atoms with Crippen molar-refractivity contribution in [2.24, 2.45) is 0 Å². The lowest BCUT2D eigenvalue weighted by Gasteiger charge is -2.10. The first-order valence-corrected chi connectivity index (χ1v) is 6.37. The monoisotopic (exact) mass is 266 g/mol. The Hall–Kier alpha value is -1.76. The first-order chi connectivity index (χ1) is 9.08. The summed E-state index contributed by atoms with van der Waals surface area (Å²) in [5.74, 6) is -0.304. The Balaban J connectivity index is 1.86. The molecule has 0 bridgehead atoms. The van der Waals surface area contributed by atoms with E-state index in [9.17, 15) is 9.59 Å². The minimum Gasteiger partial charge on any atom is -0.376 e. The van der Waals surface area contributed by atoms with Gasteiger partial charge in [0.25, 0.3) is 0 Å². The van der Waals surface area contributed by atoms with Crippen LogP contribution in [0.15, 0.2) is 0 Å². The summed E-state index contributed by atoms with van der Waals surface area (Å²) in [4.78, 5) is 23.0. The molecule has 2 rings (SSSR count). The third-order valence-electron chi connectivity index (χ3n) is 3.16. The summed E-state index contributed by atoms with van der Waals surface area (Å²) in [7, 11) is 0. The van der Waals surface area contributed by atoms with E-state index in [-0.39, 0.29) is 24.3 Å². The van der Waals surface area contributed by atoms with Crippen LogP contribution in [0, 0.1) is 6.92 Å². The lowest BCUT2D eigenvalue weighted by Crippen LogP contribution is -2.34. The summed E-state index contributed by atoms with van der Waals surface area (Å²) in [6.07, 6.45) is 2.15. The van der Waals surface area contributed by atoms with Crippen molar-refractivity contribution in [3.05, 3.63) is 11.4 Å². The van der Waals surface area contributed by atoms with Gasteiger partial charge >= 0.3 is 0 Å². The van der Waals surface area contributed by atoms with Crippen LogP contribution in [0.4, 0.5) is 0 Å². The zero-order valence-corrected chi connectivity index (χ0v) is 11.2. The minimum absolute atomic E-state index is 0.0683. The first kappa shape index (κ1) is 13.7. The molecule has 0 aliphatic carbocycles. The van der Waals surface area contributed by atoms with Crippen molar-refractivity contribution in [3.63, 3.8) is 0 Å². The number of carbonyl (C=O) groups excluding carboxylic acids is 2. The molecule has 1 saturated heterocycles. The summed E-state index contributed by atoms with van der Waals surface area (Å²) >= 11 is 0. The number of aromatic nitrogens is 3. The Morgan fingerprint density at radius 3 is 2.89 bits per heavy atom. The largest absolute Gasteiger partial charge is 0.376 e. The van der Waals surface area contributed by atoms with Gasteiger partial charge in [0.15, 0.2) is 11.5 Å². The van der Waals surface area contributed by atoms with E-state index in [0.29, 0.717) is 17.9 Å². The fraction of sp³-hybridized carbons (Fsp3) is 0.667. The van der Waals surface area contributed by atoms with Crippen molar-refractivity contribution in [1.82, 2.24) is 20.3 Å². The van der Waals surface area contributed by atoms with E-state index >= 15 is 0 Å². The molecule has 1 aromatic rings. The van der Waals surface area contributed by atoms with Crippen LogP contribution in [-0.4, -0.2) is 45.9 Å². The van der Waals surface area contributed by atoms with Gasteiger partial charge in [-0.05, 0) is 19.8 Å². The summed E-state index contributed by atoms with van der Waals surface area (Å²) in [5, 5.41) is 10.4. The normalized spacial score (nSPS) is 18.5. The fourth-order valence-electron chi connectivity index (χ4n) is 2.06. The van der Waals surface area contributed by atoms with Crippen molar-refractivity contribution < 1.29 is 14.3 Å². The second-order valence-corrected chi connectivity index (χ2v) is 4.68. The van der Waals surface area contributed by atoms with E-state index < -0.39 is 0 Å². The second kappa shape index (κ2) is 5.92. The third-order valence-corrected chi connectivity index (χ3v) is 3.16. The van der Waals surface area contributed by atoms with Gasteiger partial charge in [0, 0.05) is 20.1 Å². The molecule has 0 aromatic carbocycles. The number of rotatable bonds is 5. The number of ether oxygens (including phenoxy) is 1. The van der Waals surface area contributed by atoms with E-state index in [1.54, 1.807) is 6.92 Å². The maximum absolute atomic E-state index is 11.8. The Morgan fingerprint density at radius 2 is 2.32 bits per heavy atom. The lowest BCUT2D eigenvalue weighted by atomic mass is 10.2. The molecule has 1 fully saturated rings. The zero-order chi connectivity index (χ0) is 13.8. The predicted molar refractivity (Wildman–Crippen MR) is 66.7 cm³/mol. The number of nitrogens with zero attached hydrogens (tertiary/aromatic N) is 3. The number of Topliss-reactive ketones (excluding diaryl/α,β-unsaturated/α-hetero) is 1. The molecular weight excluding hydrogens is 248 g/mol. The molecule has 1 aliphatic rings. The molecule has 7 heteroatoms. The van der Waals surface area contributed by atoms with Gasteiger partial charge in [-0.25, -0.2) is 4.68 Å². The Labute approximate surface area is 111 Å². The zero-order valence-electron chi connectivity index (χ0n) is 11.2. The van der Waals surface area contributed by atoms with Gasteiger partial charge in [-0.2, -0.15) is 0 Å². The molecule has 104 valence electrons. The molecular formula is C12H18N4O3. The van der Waals surface area contributed by atoms with Crippen LogP contribution in [0.25, 0.3) is 0 Å². The Bertz CT molecular complexity index is 477. The lowest BCUT2D eigenvalue weighted by molar-refractivity contribution is -0.122. The third kappa shape index (κ3) is 3.37. The molecule has 7 nitrogen and oxygen atoms in total. The molecule has 1 atom stereocenters. The van der Waals surface area contributed by atoms with Crippen molar-refractivity contribution in [3.8, 4) is 0 Å². The molecule has 1 aliphatic heterocycles. The highest BCUT2D eigenvalue weighted by atomic mass is 16.5. The van der Waals surface area contributed by atoms with E-state index in [4.69, 9.17) is 4.74 Å². The average molecular weight is 266 g/mol. The highest BCUT2D eigenvalue weighted by Gasteiger charge is 2.18. The number of ketones is 1. The van der Waals surface area contributed by atoms with E-state index in [1.807, 2.05) is 0 Å². The van der Waals surface area contributed by atoms with Crippen LogP contribution in [0.1, 0.15) is 35.9 Å². The number of amides is 1. The highest BCUT2D eigenvalue weighted by Crippen LogP contribution is 2.10. The smallest absolute Gasteiger partial charge is 0.241 e. The molecule has 0 spiro atoms. The van der Waals surface area contributed by atoms with Crippen LogP contribution < -0.4 is 5.32 Å². The molecule has 1 unspecified atom stereocenters. The Morgan fingerprint density at radius 1 is 1.53 bits per heavy atom. The van der Waals surface area contributed by atoms with Crippen molar-refractivity contribution in [2.75, 3.05) is 13.2 Å². The van der Waals surface area contributed by atoms with Crippen molar-refractivity contribution in [2.45, 2.75) is 39.3 Å². The van der Waals surface area contributed by atoms with Crippen molar-refractivity contribution >= 4 is 11.7 Å². The van der Waals surface area contributed by atoms with Gasteiger partial charge in [0.05, 0.1) is 11.8 Å². The standard InChI is InChI=1S/C12H18N4O3/c1-8-12(9(2)17)14-15-16(8)7-11(18)13-6-10-4-3-5-19-10/h10H,3-7H2,1-2H3,(H,13,18). The number of nitrogens with one attached hydrogen (secondary N) is 1. The molecule has 1 aromatic heterocycles. The molecule has 1 amide bonds. The molecule has 0 saturated carbocycles. The highest BCUT2D eigenvalue weighted by molar-refractivity contribution is 5.93. The van der Waals surface area contributed by atoms with Gasteiger partial charge in [-0.3, -0.25) is 9.59 Å². The number of carbonyl (C=O) groups is 2. The van der Waals surface area contributed by atoms with Crippen LogP contribution in [0.5, 0.6) is 0 Å². The maximum Gasteiger partial charge on any atom is 0.241 e. The van der Waals surface area contributed by atoms with Crippen molar-refractivity contribution in [1.29, 1.82) is 0 Å². The van der Waals surface area contributed by atoms with Crippen LogP contribution in [0.3, 0.4) is 0 Å². The minimum atomic E-state index is -0.154. The average Bonchev–Trinajstić information content (AvgIpc) is 2.98. The topological polar surface area (TPSA) is 86.1 Å². The number of hydrogen-bond acceptors (Lipinski definition) is 5. The molecule has 2 heterocycles. The summed E-state index contributed by atoms with van der Waals surface area (Å²) in [6.45, 7) is 4.51. The van der Waals surface area contributed by atoms with E-state index in [2.05, 4.69) is 15.6 Å². The van der Waals surface area contributed by atoms with Gasteiger partial charge in [-0.1, -0.05) is 5.21 Å². The van der Waals surface area contributed by atoms with Gasteiger partial charge in [0.2, 0.25) is 5.91 Å². The molecule has 1 N–H and O–H groups in total. The SMILES string of the molecule is CC(=O)c1nnn(CC(=O)NCC2CCCO2)c1C. The Kier molecular flexibility index (Phi) is 4.26. The predicted octanol–water partition coefficient (Wildman–Crippen LogP) is 0.0843. The summed E-state index contributed by atoms with van der Waals surface area (Å²) < 4.78 is 6.85. The fourth-order valence-corrected chi connectivity index (χ4v) is 2.06. The van der Waals surface area contributed by atoms with Gasteiger partial charge < -0.3 is 10.1 Å². The first-order valence-electron chi connectivity index (χ1n) is 6.37. The van der Waals surface area contributed by atoms with E-state index in [0.717, 1.165) is 19.4 Å². The van der Waals surface area contributed by atoms with Crippen LogP contribution in [-0.2, 0) is 16.1 Å². The van der Waals surface area contributed by atoms with Gasteiger partial charge in [0.1, 0.15) is 6.54 Å². The van der Waals surface area contributed by atoms with E-state index in [1.165, 1.54) is 11.6 Å².